The monoisotopic (exact) mass is 198 g/mol. The van der Waals surface area contributed by atoms with Crippen molar-refractivity contribution < 1.29 is 0 Å². The Balaban J connectivity index is 2.56. The zero-order valence-corrected chi connectivity index (χ0v) is 8.51. The van der Waals surface area contributed by atoms with Gasteiger partial charge < -0.3 is 10.6 Å². The number of rotatable bonds is 5. The van der Waals surface area contributed by atoms with Crippen LogP contribution in [0.5, 0.6) is 0 Å². The highest BCUT2D eigenvalue weighted by Gasteiger charge is 2.06. The Kier molecular flexibility index (Phi) is 4.83. The normalized spacial score (nSPS) is 12.8. The highest BCUT2D eigenvalue weighted by Crippen LogP contribution is 2.10. The lowest BCUT2D eigenvalue weighted by Crippen LogP contribution is -2.28. The van der Waals surface area contributed by atoms with E-state index in [1.165, 1.54) is 5.56 Å². The van der Waals surface area contributed by atoms with Crippen LogP contribution < -0.4 is 10.6 Å². The second-order valence-electron chi connectivity index (χ2n) is 2.84. The van der Waals surface area contributed by atoms with Crippen molar-refractivity contribution in [2.75, 3.05) is 19.6 Å². The van der Waals surface area contributed by atoms with Crippen LogP contribution in [-0.4, -0.2) is 19.6 Å². The van der Waals surface area contributed by atoms with Crippen molar-refractivity contribution in [1.82, 2.24) is 10.6 Å². The van der Waals surface area contributed by atoms with Gasteiger partial charge in [-0.2, -0.15) is 0 Å². The fraction of sp³-hybridized carbons (Fsp3) is 0.400. The number of halogens is 1. The van der Waals surface area contributed by atoms with E-state index in [4.69, 9.17) is 11.6 Å². The van der Waals surface area contributed by atoms with Gasteiger partial charge in [0.05, 0.1) is 6.00 Å². The van der Waals surface area contributed by atoms with Crippen LogP contribution in [0.2, 0.25) is 0 Å². The molecule has 0 radical (unpaired) electrons. The Labute approximate surface area is 84.3 Å². The molecule has 1 rings (SSSR count). The van der Waals surface area contributed by atoms with Gasteiger partial charge in [-0.15, -0.1) is 11.6 Å². The molecule has 0 spiro atoms. The molecule has 1 aromatic carbocycles. The summed E-state index contributed by atoms with van der Waals surface area (Å²) in [6.45, 7) is 0.851. The summed E-state index contributed by atoms with van der Waals surface area (Å²) in [6.07, 6.45) is 0. The van der Waals surface area contributed by atoms with Gasteiger partial charge in [0.2, 0.25) is 0 Å². The first-order valence-corrected chi connectivity index (χ1v) is 4.91. The molecule has 1 atom stereocenters. The van der Waals surface area contributed by atoms with E-state index in [2.05, 4.69) is 22.8 Å². The maximum absolute atomic E-state index is 5.55. The average Bonchev–Trinajstić information content (AvgIpc) is 2.21. The molecule has 0 aromatic heterocycles. The minimum atomic E-state index is 0.333. The lowest BCUT2D eigenvalue weighted by Gasteiger charge is -2.16. The molecule has 0 aliphatic rings. The number of benzene rings is 1. The topological polar surface area (TPSA) is 24.1 Å². The van der Waals surface area contributed by atoms with Crippen molar-refractivity contribution in [1.29, 1.82) is 0 Å². The molecule has 0 saturated heterocycles. The maximum atomic E-state index is 5.55. The van der Waals surface area contributed by atoms with Gasteiger partial charge in [-0.1, -0.05) is 30.3 Å². The molecule has 0 bridgehead atoms. The van der Waals surface area contributed by atoms with Crippen LogP contribution in [0, 0.1) is 0 Å². The minimum Gasteiger partial charge on any atom is -0.312 e. The highest BCUT2D eigenvalue weighted by molar-refractivity contribution is 6.17. The largest absolute Gasteiger partial charge is 0.312 e. The van der Waals surface area contributed by atoms with Crippen LogP contribution in [0.1, 0.15) is 11.6 Å². The number of likely N-dealkylation sites (N-methyl/N-ethyl adjacent to an activating group) is 1. The van der Waals surface area contributed by atoms with Crippen LogP contribution in [0.3, 0.4) is 0 Å². The second kappa shape index (κ2) is 5.97. The third-order valence-corrected chi connectivity index (χ3v) is 2.18. The number of hydrogen-bond donors (Lipinski definition) is 2. The predicted molar refractivity (Wildman–Crippen MR) is 57.0 cm³/mol. The quantitative estimate of drug-likeness (QED) is 0.557. The van der Waals surface area contributed by atoms with Crippen molar-refractivity contribution in [3.8, 4) is 0 Å². The van der Waals surface area contributed by atoms with E-state index >= 15 is 0 Å². The number of alkyl halides is 1. The molecule has 0 aliphatic carbocycles. The molecule has 0 aliphatic heterocycles. The summed E-state index contributed by atoms with van der Waals surface area (Å²) in [5.41, 5.74) is 1.28. The van der Waals surface area contributed by atoms with Crippen LogP contribution in [0.25, 0.3) is 0 Å². The van der Waals surface area contributed by atoms with E-state index in [1.807, 2.05) is 25.2 Å². The van der Waals surface area contributed by atoms with Crippen LogP contribution in [0.4, 0.5) is 0 Å². The molecule has 13 heavy (non-hydrogen) atoms. The van der Waals surface area contributed by atoms with Gasteiger partial charge in [-0.05, 0) is 12.6 Å². The van der Waals surface area contributed by atoms with E-state index in [1.54, 1.807) is 0 Å². The minimum absolute atomic E-state index is 0.333. The molecule has 3 heteroatoms. The van der Waals surface area contributed by atoms with Crippen LogP contribution in [0.15, 0.2) is 30.3 Å². The first-order valence-electron chi connectivity index (χ1n) is 4.37. The molecule has 0 saturated carbocycles. The Morgan fingerprint density at radius 1 is 1.31 bits per heavy atom. The van der Waals surface area contributed by atoms with Crippen molar-refractivity contribution in [2.24, 2.45) is 0 Å². The third kappa shape index (κ3) is 3.35. The standard InChI is InChI=1S/C10H15ClN2/c1-12-10(7-13-8-11)9-5-3-2-4-6-9/h2-6,10,12-13H,7-8H2,1H3. The van der Waals surface area contributed by atoms with Gasteiger partial charge in [-0.3, -0.25) is 0 Å². The molecular weight excluding hydrogens is 184 g/mol. The predicted octanol–water partition coefficient (Wildman–Crippen LogP) is 1.73. The zero-order chi connectivity index (χ0) is 9.52. The molecule has 1 aromatic rings. The lowest BCUT2D eigenvalue weighted by atomic mass is 10.1. The van der Waals surface area contributed by atoms with Crippen molar-refractivity contribution in [3.63, 3.8) is 0 Å². The average molecular weight is 199 g/mol. The summed E-state index contributed by atoms with van der Waals surface area (Å²) in [5, 5.41) is 6.33. The van der Waals surface area contributed by atoms with E-state index in [-0.39, 0.29) is 0 Å². The van der Waals surface area contributed by atoms with Crippen molar-refractivity contribution in [3.05, 3.63) is 35.9 Å². The van der Waals surface area contributed by atoms with Crippen LogP contribution in [-0.2, 0) is 0 Å². The van der Waals surface area contributed by atoms with E-state index in [0.29, 0.717) is 12.0 Å². The Morgan fingerprint density at radius 2 is 2.00 bits per heavy atom. The summed E-state index contributed by atoms with van der Waals surface area (Å²) in [5.74, 6) is 0. The smallest absolute Gasteiger partial charge is 0.0714 e. The maximum Gasteiger partial charge on any atom is 0.0714 e. The van der Waals surface area contributed by atoms with Gasteiger partial charge in [0, 0.05) is 12.6 Å². The Bertz CT molecular complexity index is 226. The summed E-state index contributed by atoms with van der Waals surface area (Å²) in [4.78, 5) is 0. The van der Waals surface area contributed by atoms with E-state index in [9.17, 15) is 0 Å². The van der Waals surface area contributed by atoms with Crippen molar-refractivity contribution >= 4 is 11.6 Å². The van der Waals surface area contributed by atoms with Crippen molar-refractivity contribution in [2.45, 2.75) is 6.04 Å². The summed E-state index contributed by atoms with van der Waals surface area (Å²) >= 11 is 5.55. The SMILES string of the molecule is CNC(CNCCl)c1ccccc1. The van der Waals surface area contributed by atoms with E-state index < -0.39 is 0 Å². The Hall–Kier alpha value is -0.570. The van der Waals surface area contributed by atoms with Gasteiger partial charge in [0.25, 0.3) is 0 Å². The number of nitrogens with one attached hydrogen (secondary N) is 2. The molecule has 0 fully saturated rings. The molecule has 0 amide bonds. The summed E-state index contributed by atoms with van der Waals surface area (Å²) < 4.78 is 0. The van der Waals surface area contributed by atoms with Gasteiger partial charge in [-0.25, -0.2) is 0 Å². The molecular formula is C10H15ClN2. The van der Waals surface area contributed by atoms with E-state index in [0.717, 1.165) is 6.54 Å². The fourth-order valence-corrected chi connectivity index (χ4v) is 1.38. The Morgan fingerprint density at radius 3 is 2.54 bits per heavy atom. The first-order chi connectivity index (χ1) is 6.38. The molecule has 0 heterocycles. The summed E-state index contributed by atoms with van der Waals surface area (Å²) in [6, 6.07) is 11.1. The molecule has 72 valence electrons. The second-order valence-corrected chi connectivity index (χ2v) is 3.11. The highest BCUT2D eigenvalue weighted by atomic mass is 35.5. The molecule has 2 nitrogen and oxygen atoms in total. The van der Waals surface area contributed by atoms with Gasteiger partial charge in [0.15, 0.2) is 0 Å². The van der Waals surface area contributed by atoms with Gasteiger partial charge >= 0.3 is 0 Å². The molecule has 2 N–H and O–H groups in total. The zero-order valence-electron chi connectivity index (χ0n) is 7.76. The van der Waals surface area contributed by atoms with Gasteiger partial charge in [0.1, 0.15) is 0 Å². The summed E-state index contributed by atoms with van der Waals surface area (Å²) in [7, 11) is 1.95. The first kappa shape index (κ1) is 10.5. The fourth-order valence-electron chi connectivity index (χ4n) is 1.27. The third-order valence-electron chi connectivity index (χ3n) is 1.99. The lowest BCUT2D eigenvalue weighted by molar-refractivity contribution is 0.552. The number of hydrogen-bond acceptors (Lipinski definition) is 2. The van der Waals surface area contributed by atoms with Crippen LogP contribution >= 0.6 is 11.6 Å². The molecule has 1 unspecified atom stereocenters.